The van der Waals surface area contributed by atoms with Crippen molar-refractivity contribution in [2.45, 2.75) is 32.6 Å². The van der Waals surface area contributed by atoms with Crippen LogP contribution in [0.5, 0.6) is 5.75 Å². The Morgan fingerprint density at radius 2 is 1.79 bits per heavy atom. The third-order valence-corrected chi connectivity index (χ3v) is 5.37. The molecule has 0 N–H and O–H groups in total. The number of nitrogens with zero attached hydrogens (tertiary/aromatic N) is 3. The first-order valence-corrected chi connectivity index (χ1v) is 10.2. The molecule has 1 saturated heterocycles. The number of piperidine rings is 1. The smallest absolute Gasteiger partial charge is 0.269 e. The van der Waals surface area contributed by atoms with Gasteiger partial charge in [0.05, 0.1) is 11.2 Å². The molecule has 2 heterocycles. The molecular weight excluding hydrogens is 350 g/mol. The number of para-hydroxylation sites is 1. The van der Waals surface area contributed by atoms with E-state index in [2.05, 4.69) is 4.90 Å². The van der Waals surface area contributed by atoms with Crippen molar-refractivity contribution >= 4 is 10.9 Å². The van der Waals surface area contributed by atoms with Gasteiger partial charge in [0.1, 0.15) is 23.6 Å². The molecule has 0 radical (unpaired) electrons. The molecule has 1 aliphatic rings. The topological polar surface area (TPSA) is 47.4 Å². The first-order chi connectivity index (χ1) is 13.8. The largest absolute Gasteiger partial charge is 0.491 e. The fourth-order valence-corrected chi connectivity index (χ4v) is 3.91. The Bertz CT molecular complexity index is 992. The first-order valence-electron chi connectivity index (χ1n) is 10.2. The molecule has 0 atom stereocenters. The number of aryl methyl sites for hydroxylation is 1. The summed E-state index contributed by atoms with van der Waals surface area (Å²) in [5.41, 5.74) is 1.47. The van der Waals surface area contributed by atoms with E-state index in [0.717, 1.165) is 31.1 Å². The van der Waals surface area contributed by atoms with E-state index in [0.29, 0.717) is 29.7 Å². The molecule has 2 aromatic carbocycles. The van der Waals surface area contributed by atoms with Gasteiger partial charge in [0.2, 0.25) is 0 Å². The van der Waals surface area contributed by atoms with Gasteiger partial charge >= 0.3 is 0 Å². The van der Waals surface area contributed by atoms with Crippen LogP contribution in [0, 0.1) is 0 Å². The van der Waals surface area contributed by atoms with Crippen molar-refractivity contribution in [2.24, 2.45) is 0 Å². The number of likely N-dealkylation sites (tertiary alicyclic amines) is 1. The Balaban J connectivity index is 1.69. The van der Waals surface area contributed by atoms with Gasteiger partial charge < -0.3 is 4.74 Å². The average Bonchev–Trinajstić information content (AvgIpc) is 2.75. The minimum atomic E-state index is -0.0679. The predicted molar refractivity (Wildman–Crippen MR) is 113 cm³/mol. The van der Waals surface area contributed by atoms with Gasteiger partial charge in [-0.3, -0.25) is 14.3 Å². The third-order valence-electron chi connectivity index (χ3n) is 5.37. The number of benzene rings is 2. The minimum Gasteiger partial charge on any atom is -0.491 e. The van der Waals surface area contributed by atoms with Crippen LogP contribution < -0.4 is 10.3 Å². The highest BCUT2D eigenvalue weighted by Crippen LogP contribution is 2.23. The van der Waals surface area contributed by atoms with Crippen molar-refractivity contribution in [3.63, 3.8) is 0 Å². The Morgan fingerprint density at radius 1 is 1.00 bits per heavy atom. The van der Waals surface area contributed by atoms with Gasteiger partial charge in [-0.15, -0.1) is 0 Å². The molecule has 0 amide bonds. The predicted octanol–water partition coefficient (Wildman–Crippen LogP) is 3.81. The lowest BCUT2D eigenvalue weighted by molar-refractivity contribution is 0.184. The maximum absolute atomic E-state index is 13.4. The molecule has 5 nitrogen and oxygen atoms in total. The van der Waals surface area contributed by atoms with Crippen LogP contribution in [0.3, 0.4) is 0 Å². The summed E-state index contributed by atoms with van der Waals surface area (Å²) in [6.45, 7) is 5.78. The van der Waals surface area contributed by atoms with E-state index in [1.54, 1.807) is 4.57 Å². The molecule has 1 aliphatic heterocycles. The zero-order valence-electron chi connectivity index (χ0n) is 16.4. The summed E-state index contributed by atoms with van der Waals surface area (Å²) in [7, 11) is 0. The summed E-state index contributed by atoms with van der Waals surface area (Å²) >= 11 is 0. The van der Waals surface area contributed by atoms with Gasteiger partial charge in [0, 0.05) is 13.0 Å². The number of hydrogen-bond acceptors (Lipinski definition) is 4. The molecule has 1 fully saturated rings. The van der Waals surface area contributed by atoms with E-state index < -0.39 is 0 Å². The van der Waals surface area contributed by atoms with Gasteiger partial charge in [-0.25, -0.2) is 4.98 Å². The van der Waals surface area contributed by atoms with Crippen LogP contribution in [0.2, 0.25) is 0 Å². The van der Waals surface area contributed by atoms with Crippen LogP contribution in [0.15, 0.2) is 53.3 Å². The van der Waals surface area contributed by atoms with E-state index in [-0.39, 0.29) is 5.56 Å². The highest BCUT2D eigenvalue weighted by Gasteiger charge is 2.16. The number of ether oxygens (including phenoxy) is 1. The highest BCUT2D eigenvalue weighted by atomic mass is 16.5. The van der Waals surface area contributed by atoms with Gasteiger partial charge in [-0.1, -0.05) is 37.6 Å². The molecule has 0 bridgehead atoms. The first kappa shape index (κ1) is 18.7. The van der Waals surface area contributed by atoms with Gasteiger partial charge in [-0.05, 0) is 50.2 Å². The van der Waals surface area contributed by atoms with Crippen LogP contribution in [-0.4, -0.2) is 40.7 Å². The summed E-state index contributed by atoms with van der Waals surface area (Å²) in [6, 6.07) is 15.4. The Kier molecular flexibility index (Phi) is 5.72. The molecule has 0 saturated carbocycles. The highest BCUT2D eigenvalue weighted by molar-refractivity contribution is 5.84. The quantitative estimate of drug-likeness (QED) is 0.655. The van der Waals surface area contributed by atoms with Gasteiger partial charge in [0.25, 0.3) is 5.56 Å². The number of aromatic nitrogens is 2. The van der Waals surface area contributed by atoms with Crippen molar-refractivity contribution in [2.75, 3.05) is 26.2 Å². The van der Waals surface area contributed by atoms with Gasteiger partial charge in [-0.2, -0.15) is 0 Å². The molecule has 4 rings (SSSR count). The van der Waals surface area contributed by atoms with Crippen molar-refractivity contribution in [1.82, 2.24) is 14.5 Å². The second kappa shape index (κ2) is 8.57. The third kappa shape index (κ3) is 3.80. The second-order valence-electron chi connectivity index (χ2n) is 7.26. The maximum atomic E-state index is 13.4. The zero-order valence-corrected chi connectivity index (χ0v) is 16.4. The summed E-state index contributed by atoms with van der Waals surface area (Å²) in [5, 5.41) is 0.558. The molecule has 1 aromatic heterocycles. The number of rotatable bonds is 6. The van der Waals surface area contributed by atoms with E-state index >= 15 is 0 Å². The van der Waals surface area contributed by atoms with E-state index in [9.17, 15) is 4.79 Å². The van der Waals surface area contributed by atoms with E-state index in [1.807, 2.05) is 55.5 Å². The van der Waals surface area contributed by atoms with Gasteiger partial charge in [0.15, 0.2) is 0 Å². The van der Waals surface area contributed by atoms with Crippen molar-refractivity contribution in [3.05, 3.63) is 64.7 Å². The normalized spacial score (nSPS) is 15.0. The fourth-order valence-electron chi connectivity index (χ4n) is 3.91. The molecule has 5 heteroatoms. The summed E-state index contributed by atoms with van der Waals surface area (Å²) in [4.78, 5) is 20.6. The lowest BCUT2D eigenvalue weighted by Gasteiger charge is -2.26. The standard InChI is InChI=1S/C23H27N3O2/c1-2-21-24-19-12-9-13-20(28-17-16-25-14-7-4-8-15-25)22(19)23(27)26(21)18-10-5-3-6-11-18/h3,5-6,9-13H,2,4,7-8,14-17H2,1H3. The molecule has 28 heavy (non-hydrogen) atoms. The summed E-state index contributed by atoms with van der Waals surface area (Å²) in [6.07, 6.45) is 4.53. The van der Waals surface area contributed by atoms with Crippen LogP contribution in [-0.2, 0) is 6.42 Å². The molecule has 146 valence electrons. The Labute approximate surface area is 165 Å². The zero-order chi connectivity index (χ0) is 19.3. The SMILES string of the molecule is CCc1nc2cccc(OCCN3CCCCC3)c2c(=O)n1-c1ccccc1. The van der Waals surface area contributed by atoms with E-state index in [4.69, 9.17) is 9.72 Å². The summed E-state index contributed by atoms with van der Waals surface area (Å²) < 4.78 is 7.78. The van der Waals surface area contributed by atoms with Crippen LogP contribution in [0.1, 0.15) is 32.0 Å². The van der Waals surface area contributed by atoms with Crippen molar-refractivity contribution < 1.29 is 4.74 Å². The summed E-state index contributed by atoms with van der Waals surface area (Å²) in [5.74, 6) is 1.38. The number of hydrogen-bond donors (Lipinski definition) is 0. The minimum absolute atomic E-state index is 0.0679. The molecule has 0 spiro atoms. The monoisotopic (exact) mass is 377 g/mol. The molecule has 3 aromatic rings. The Hall–Kier alpha value is -2.66. The van der Waals surface area contributed by atoms with Crippen LogP contribution in [0.25, 0.3) is 16.6 Å². The van der Waals surface area contributed by atoms with E-state index in [1.165, 1.54) is 19.3 Å². The molecule has 0 aliphatic carbocycles. The average molecular weight is 377 g/mol. The molecular formula is C23H27N3O2. The van der Waals surface area contributed by atoms with Crippen LogP contribution >= 0.6 is 0 Å². The lowest BCUT2D eigenvalue weighted by Crippen LogP contribution is -2.33. The maximum Gasteiger partial charge on any atom is 0.269 e. The fraction of sp³-hybridized carbons (Fsp3) is 0.391. The van der Waals surface area contributed by atoms with Crippen molar-refractivity contribution in [3.8, 4) is 11.4 Å². The van der Waals surface area contributed by atoms with Crippen LogP contribution in [0.4, 0.5) is 0 Å². The molecule has 0 unspecified atom stereocenters. The van der Waals surface area contributed by atoms with Crippen molar-refractivity contribution in [1.29, 1.82) is 0 Å². The lowest BCUT2D eigenvalue weighted by atomic mass is 10.1. The second-order valence-corrected chi connectivity index (χ2v) is 7.26. The number of fused-ring (bicyclic) bond motifs is 1. The Morgan fingerprint density at radius 3 is 2.54 bits per heavy atom.